The van der Waals surface area contributed by atoms with Crippen LogP contribution in [0, 0.1) is 0 Å². The van der Waals surface area contributed by atoms with E-state index in [9.17, 15) is 0 Å². The Kier molecular flexibility index (Phi) is 2.99. The van der Waals surface area contributed by atoms with Crippen molar-refractivity contribution in [1.29, 1.82) is 0 Å². The Bertz CT molecular complexity index is 296. The van der Waals surface area contributed by atoms with Crippen LogP contribution in [0.15, 0.2) is 34.3 Å². The van der Waals surface area contributed by atoms with Crippen molar-refractivity contribution in [2.45, 2.75) is 4.90 Å². The second kappa shape index (κ2) is 4.01. The second-order valence-electron chi connectivity index (χ2n) is 2.21. The lowest BCUT2D eigenvalue weighted by molar-refractivity contribution is 1.22. The molecule has 4 N–H and O–H groups in total. The SMILES string of the molecule is CSc1ccccc1C(N)=NN. The number of hydrogen-bond acceptors (Lipinski definition) is 3. The maximum Gasteiger partial charge on any atom is 0.151 e. The molecule has 3 nitrogen and oxygen atoms in total. The van der Waals surface area contributed by atoms with Gasteiger partial charge in [0.15, 0.2) is 5.84 Å². The van der Waals surface area contributed by atoms with E-state index in [-0.39, 0.29) is 0 Å². The highest BCUT2D eigenvalue weighted by atomic mass is 32.2. The van der Waals surface area contributed by atoms with Crippen LogP contribution in [-0.4, -0.2) is 12.1 Å². The van der Waals surface area contributed by atoms with E-state index < -0.39 is 0 Å². The average molecular weight is 181 g/mol. The predicted molar refractivity (Wildman–Crippen MR) is 53.1 cm³/mol. The smallest absolute Gasteiger partial charge is 0.151 e. The standard InChI is InChI=1S/C8H11N3S/c1-12-7-5-3-2-4-6(7)8(9)11-10/h2-5H,10H2,1H3,(H2,9,11). The van der Waals surface area contributed by atoms with Crippen LogP contribution in [0.4, 0.5) is 0 Å². The molecule has 0 aliphatic heterocycles. The van der Waals surface area contributed by atoms with Crippen LogP contribution in [-0.2, 0) is 0 Å². The highest BCUT2D eigenvalue weighted by molar-refractivity contribution is 7.98. The van der Waals surface area contributed by atoms with Crippen LogP contribution in [0.5, 0.6) is 0 Å². The number of hydrogen-bond donors (Lipinski definition) is 2. The normalized spacial score (nSPS) is 11.6. The lowest BCUT2D eigenvalue weighted by Crippen LogP contribution is -2.16. The first kappa shape index (κ1) is 8.93. The van der Waals surface area contributed by atoms with Gasteiger partial charge in [0, 0.05) is 10.5 Å². The van der Waals surface area contributed by atoms with E-state index in [1.165, 1.54) is 0 Å². The number of rotatable bonds is 2. The minimum Gasteiger partial charge on any atom is -0.382 e. The fraction of sp³-hybridized carbons (Fsp3) is 0.125. The van der Waals surface area contributed by atoms with Crippen LogP contribution in [0.2, 0.25) is 0 Å². The number of nitrogens with zero attached hydrogens (tertiary/aromatic N) is 1. The molecule has 12 heavy (non-hydrogen) atoms. The van der Waals surface area contributed by atoms with E-state index in [0.29, 0.717) is 5.84 Å². The Balaban J connectivity index is 3.13. The number of amidine groups is 1. The summed E-state index contributed by atoms with van der Waals surface area (Å²) in [5.41, 5.74) is 6.48. The van der Waals surface area contributed by atoms with E-state index in [0.717, 1.165) is 10.5 Å². The van der Waals surface area contributed by atoms with Gasteiger partial charge in [-0.25, -0.2) is 0 Å². The third-order valence-corrected chi connectivity index (χ3v) is 2.32. The zero-order chi connectivity index (χ0) is 8.97. The van der Waals surface area contributed by atoms with Crippen LogP contribution in [0.3, 0.4) is 0 Å². The molecule has 1 aromatic rings. The number of hydrazone groups is 1. The zero-order valence-electron chi connectivity index (χ0n) is 6.82. The topological polar surface area (TPSA) is 64.4 Å². The molecule has 0 aliphatic rings. The van der Waals surface area contributed by atoms with Crippen molar-refractivity contribution in [2.24, 2.45) is 16.7 Å². The molecule has 0 unspecified atom stereocenters. The average Bonchev–Trinajstić information content (AvgIpc) is 2.16. The molecule has 0 aliphatic carbocycles. The monoisotopic (exact) mass is 181 g/mol. The molecule has 0 amide bonds. The van der Waals surface area contributed by atoms with Crippen molar-refractivity contribution in [3.8, 4) is 0 Å². The van der Waals surface area contributed by atoms with Crippen molar-refractivity contribution in [2.75, 3.05) is 6.26 Å². The third-order valence-electron chi connectivity index (χ3n) is 1.52. The van der Waals surface area contributed by atoms with Gasteiger partial charge in [-0.2, -0.15) is 5.10 Å². The molecular formula is C8H11N3S. The van der Waals surface area contributed by atoms with E-state index in [1.54, 1.807) is 11.8 Å². The van der Waals surface area contributed by atoms with Crippen LogP contribution < -0.4 is 11.6 Å². The molecule has 1 aromatic carbocycles. The molecule has 0 atom stereocenters. The first-order valence-electron chi connectivity index (χ1n) is 3.46. The Morgan fingerprint density at radius 1 is 1.42 bits per heavy atom. The van der Waals surface area contributed by atoms with Crippen LogP contribution in [0.1, 0.15) is 5.56 Å². The maximum absolute atomic E-state index is 5.58. The van der Waals surface area contributed by atoms with Crippen molar-refractivity contribution >= 4 is 17.6 Å². The van der Waals surface area contributed by atoms with Gasteiger partial charge in [-0.3, -0.25) is 0 Å². The summed E-state index contributed by atoms with van der Waals surface area (Å²) in [5.74, 6) is 5.46. The summed E-state index contributed by atoms with van der Waals surface area (Å²) in [6, 6.07) is 7.75. The molecule has 0 spiro atoms. The number of nitrogens with two attached hydrogens (primary N) is 2. The molecule has 0 saturated heterocycles. The summed E-state index contributed by atoms with van der Waals surface area (Å²) < 4.78 is 0. The fourth-order valence-electron chi connectivity index (χ4n) is 0.926. The molecular weight excluding hydrogens is 170 g/mol. The molecule has 1 rings (SSSR count). The van der Waals surface area contributed by atoms with Gasteiger partial charge >= 0.3 is 0 Å². The summed E-state index contributed by atoms with van der Waals surface area (Å²) >= 11 is 1.62. The van der Waals surface area contributed by atoms with Gasteiger partial charge in [0.2, 0.25) is 0 Å². The Hall–Kier alpha value is -1.16. The highest BCUT2D eigenvalue weighted by Crippen LogP contribution is 2.18. The van der Waals surface area contributed by atoms with Crippen molar-refractivity contribution in [3.63, 3.8) is 0 Å². The van der Waals surface area contributed by atoms with E-state index in [4.69, 9.17) is 11.6 Å². The Morgan fingerprint density at radius 2 is 2.08 bits per heavy atom. The van der Waals surface area contributed by atoms with Crippen LogP contribution in [0.25, 0.3) is 0 Å². The number of benzene rings is 1. The molecule has 0 aromatic heterocycles. The predicted octanol–water partition coefficient (Wildman–Crippen LogP) is 0.988. The largest absolute Gasteiger partial charge is 0.382 e. The lowest BCUT2D eigenvalue weighted by atomic mass is 10.2. The number of thioether (sulfide) groups is 1. The highest BCUT2D eigenvalue weighted by Gasteiger charge is 2.02. The molecule has 0 heterocycles. The Labute approximate surface area is 75.8 Å². The maximum atomic E-state index is 5.58. The fourth-order valence-corrected chi connectivity index (χ4v) is 1.53. The second-order valence-corrected chi connectivity index (χ2v) is 3.06. The molecule has 64 valence electrons. The summed E-state index contributed by atoms with van der Waals surface area (Å²) in [6.07, 6.45) is 1.99. The van der Waals surface area contributed by atoms with E-state index >= 15 is 0 Å². The minimum atomic E-state index is 0.375. The summed E-state index contributed by atoms with van der Waals surface area (Å²) in [5, 5.41) is 3.45. The minimum absolute atomic E-state index is 0.375. The molecule has 0 bridgehead atoms. The van der Waals surface area contributed by atoms with Crippen LogP contribution >= 0.6 is 11.8 Å². The van der Waals surface area contributed by atoms with E-state index in [2.05, 4.69) is 5.10 Å². The molecule has 4 heteroatoms. The first-order valence-corrected chi connectivity index (χ1v) is 4.68. The van der Waals surface area contributed by atoms with E-state index in [1.807, 2.05) is 30.5 Å². The van der Waals surface area contributed by atoms with Crippen molar-refractivity contribution in [3.05, 3.63) is 29.8 Å². The van der Waals surface area contributed by atoms with Crippen molar-refractivity contribution < 1.29 is 0 Å². The summed E-state index contributed by atoms with van der Waals surface area (Å²) in [6.45, 7) is 0. The molecule has 0 fully saturated rings. The van der Waals surface area contributed by atoms with Gasteiger partial charge in [0.1, 0.15) is 0 Å². The summed E-state index contributed by atoms with van der Waals surface area (Å²) in [4.78, 5) is 1.09. The lowest BCUT2D eigenvalue weighted by Gasteiger charge is -2.04. The first-order chi connectivity index (χ1) is 5.79. The van der Waals surface area contributed by atoms with Crippen molar-refractivity contribution in [1.82, 2.24) is 0 Å². The summed E-state index contributed by atoms with van der Waals surface area (Å²) in [7, 11) is 0. The zero-order valence-corrected chi connectivity index (χ0v) is 7.64. The third kappa shape index (κ3) is 1.71. The van der Waals surface area contributed by atoms with Gasteiger partial charge in [-0.1, -0.05) is 18.2 Å². The van der Waals surface area contributed by atoms with Gasteiger partial charge < -0.3 is 11.6 Å². The van der Waals surface area contributed by atoms with Gasteiger partial charge in [0.25, 0.3) is 0 Å². The quantitative estimate of drug-likeness (QED) is 0.235. The molecule has 0 radical (unpaired) electrons. The van der Waals surface area contributed by atoms with Gasteiger partial charge in [-0.15, -0.1) is 11.8 Å². The van der Waals surface area contributed by atoms with Gasteiger partial charge in [-0.05, 0) is 12.3 Å². The molecule has 0 saturated carbocycles. The Morgan fingerprint density at radius 3 is 2.67 bits per heavy atom. The van der Waals surface area contributed by atoms with Gasteiger partial charge in [0.05, 0.1) is 0 Å².